The van der Waals surface area contributed by atoms with Crippen molar-refractivity contribution in [2.24, 2.45) is 0 Å². The Morgan fingerprint density at radius 2 is 0.914 bits per heavy atom. The van der Waals surface area contributed by atoms with Gasteiger partial charge in [-0.25, -0.2) is 0 Å². The van der Waals surface area contributed by atoms with Crippen LogP contribution in [0.25, 0.3) is 29.9 Å². The van der Waals surface area contributed by atoms with Gasteiger partial charge in [-0.3, -0.25) is 0 Å². The molecule has 3 heterocycles. The fourth-order valence-electron chi connectivity index (χ4n) is 6.53. The van der Waals surface area contributed by atoms with Crippen LogP contribution in [0.1, 0.15) is 90.9 Å². The molecule has 1 aliphatic rings. The third kappa shape index (κ3) is 4.93. The lowest BCUT2D eigenvalue weighted by molar-refractivity contribution is 0.616. The smallest absolute Gasteiger partial charge is 0.123 e. The van der Waals surface area contributed by atoms with Gasteiger partial charge in [0.15, 0.2) is 0 Å². The van der Waals surface area contributed by atoms with Gasteiger partial charge >= 0.3 is 0 Å². The predicted molar refractivity (Wildman–Crippen MR) is 164 cm³/mol. The van der Waals surface area contributed by atoms with E-state index >= 15 is 0 Å². The maximum absolute atomic E-state index is 2.45. The van der Waals surface area contributed by atoms with E-state index in [1.54, 1.807) is 20.5 Å². The van der Waals surface area contributed by atoms with Crippen LogP contribution < -0.4 is 10.4 Å². The number of hydrogen-bond donors (Lipinski definition) is 0. The summed E-state index contributed by atoms with van der Waals surface area (Å²) in [4.78, 5) is 3.32. The van der Waals surface area contributed by atoms with E-state index in [2.05, 4.69) is 85.1 Å². The average molecular weight is 519 g/mol. The molecule has 0 N–H and O–H groups in total. The van der Waals surface area contributed by atoms with E-state index in [0.717, 1.165) is 0 Å². The number of thiophene rings is 2. The van der Waals surface area contributed by atoms with Crippen molar-refractivity contribution >= 4 is 61.3 Å². The van der Waals surface area contributed by atoms with Gasteiger partial charge in [0.25, 0.3) is 0 Å². The summed E-state index contributed by atoms with van der Waals surface area (Å²) in [5.74, 6) is 0. The van der Waals surface area contributed by atoms with Gasteiger partial charge in [0.05, 0.1) is 0 Å². The first-order valence-corrected chi connectivity index (χ1v) is 18.4. The van der Waals surface area contributed by atoms with Gasteiger partial charge in [0.1, 0.15) is 8.07 Å². The minimum atomic E-state index is -1.81. The summed E-state index contributed by atoms with van der Waals surface area (Å²) in [6.07, 6.45) is 16.8. The molecule has 3 heteroatoms. The first kappa shape index (κ1) is 25.2. The highest BCUT2D eigenvalue weighted by Gasteiger charge is 2.48. The normalized spacial score (nSPS) is 14.1. The second kappa shape index (κ2) is 11.8. The summed E-state index contributed by atoms with van der Waals surface area (Å²) in [6, 6.07) is 21.6. The average Bonchev–Trinajstić information content (AvgIpc) is 3.53. The molecule has 0 fully saturated rings. The van der Waals surface area contributed by atoms with Crippen LogP contribution in [-0.4, -0.2) is 8.07 Å². The van der Waals surface area contributed by atoms with Crippen molar-refractivity contribution in [1.29, 1.82) is 0 Å². The maximum Gasteiger partial charge on any atom is 0.123 e. The van der Waals surface area contributed by atoms with E-state index in [0.29, 0.717) is 0 Å². The largest absolute Gasteiger partial charge is 0.134 e. The molecule has 0 atom stereocenters. The lowest BCUT2D eigenvalue weighted by Crippen LogP contribution is -2.55. The molecule has 1 aliphatic heterocycles. The highest BCUT2D eigenvalue weighted by molar-refractivity contribution is 7.35. The summed E-state index contributed by atoms with van der Waals surface area (Å²) in [6.45, 7) is 4.65. The zero-order chi connectivity index (χ0) is 24.1. The lowest BCUT2D eigenvalue weighted by atomic mass is 10.1. The van der Waals surface area contributed by atoms with Crippen LogP contribution in [0.5, 0.6) is 0 Å². The van der Waals surface area contributed by atoms with Crippen molar-refractivity contribution in [2.45, 2.75) is 103 Å². The number of benzene rings is 2. The van der Waals surface area contributed by atoms with Crippen molar-refractivity contribution in [1.82, 2.24) is 0 Å². The lowest BCUT2D eigenvalue weighted by Gasteiger charge is -2.30. The number of hydrogen-bond acceptors (Lipinski definition) is 2. The predicted octanol–water partition coefficient (Wildman–Crippen LogP) is 10.4. The zero-order valence-corrected chi connectivity index (χ0v) is 24.5. The summed E-state index contributed by atoms with van der Waals surface area (Å²) in [7, 11) is -1.81. The first-order chi connectivity index (χ1) is 17.3. The molecule has 0 aliphatic carbocycles. The molecule has 2 aromatic heterocycles. The SMILES string of the molecule is CCCCCCCC[Si]1(CCCCCCCC)c2c(sc3ccccc23)-c2sc3ccccc3c21. The Hall–Kier alpha value is -1.42. The van der Waals surface area contributed by atoms with E-state index in [-0.39, 0.29) is 0 Å². The Balaban J connectivity index is 1.54. The Bertz CT molecular complexity index is 1150. The van der Waals surface area contributed by atoms with Gasteiger partial charge < -0.3 is 0 Å². The summed E-state index contributed by atoms with van der Waals surface area (Å²) in [5, 5.41) is 6.88. The topological polar surface area (TPSA) is 0 Å². The number of rotatable bonds is 14. The molecule has 186 valence electrons. The highest BCUT2D eigenvalue weighted by Crippen LogP contribution is 2.47. The number of unbranched alkanes of at least 4 members (excludes halogenated alkanes) is 10. The van der Waals surface area contributed by atoms with Crippen LogP contribution in [0.3, 0.4) is 0 Å². The summed E-state index contributed by atoms with van der Waals surface area (Å²) in [5.41, 5.74) is 0. The molecule has 5 rings (SSSR count). The van der Waals surface area contributed by atoms with Crippen molar-refractivity contribution in [2.75, 3.05) is 0 Å². The van der Waals surface area contributed by atoms with Gasteiger partial charge in [-0.05, 0) is 45.4 Å². The molecular weight excluding hydrogens is 477 g/mol. The van der Waals surface area contributed by atoms with E-state index < -0.39 is 8.07 Å². The Labute approximate surface area is 221 Å². The molecule has 0 saturated heterocycles. The fraction of sp³-hybridized carbons (Fsp3) is 0.500. The molecule has 0 unspecified atom stereocenters. The van der Waals surface area contributed by atoms with Crippen LogP contribution in [0.2, 0.25) is 12.1 Å². The van der Waals surface area contributed by atoms with Crippen LogP contribution in [0.4, 0.5) is 0 Å². The van der Waals surface area contributed by atoms with Crippen LogP contribution >= 0.6 is 22.7 Å². The standard InChI is InChI=1S/C32H42S2Si/c1-3-5-7-9-11-17-23-35(24-18-12-10-8-6-4-2)31-25-19-13-15-21-27(25)33-29(31)30-32(35)26-20-14-16-22-28(26)34-30/h13-16,19-22H,3-12,17-18,23-24H2,1-2H3. The van der Waals surface area contributed by atoms with Crippen LogP contribution in [0.15, 0.2) is 48.5 Å². The van der Waals surface area contributed by atoms with Crippen LogP contribution in [-0.2, 0) is 0 Å². The Morgan fingerprint density at radius 3 is 1.37 bits per heavy atom. The molecule has 0 spiro atoms. The molecule has 35 heavy (non-hydrogen) atoms. The van der Waals surface area contributed by atoms with E-state index in [1.807, 2.05) is 10.4 Å². The van der Waals surface area contributed by atoms with Crippen molar-refractivity contribution in [3.63, 3.8) is 0 Å². The fourth-order valence-corrected chi connectivity index (χ4v) is 16.5. The molecule has 0 radical (unpaired) electrons. The Kier molecular flexibility index (Phi) is 8.47. The molecule has 0 amide bonds. The van der Waals surface area contributed by atoms with E-state index in [9.17, 15) is 0 Å². The minimum Gasteiger partial charge on any atom is -0.134 e. The Morgan fingerprint density at radius 1 is 0.514 bits per heavy atom. The van der Waals surface area contributed by atoms with E-state index in [4.69, 9.17) is 0 Å². The monoisotopic (exact) mass is 518 g/mol. The van der Waals surface area contributed by atoms with Crippen molar-refractivity contribution in [3.05, 3.63) is 48.5 Å². The molecule has 4 aromatic rings. The van der Waals surface area contributed by atoms with Gasteiger partial charge in [0, 0.05) is 19.2 Å². The van der Waals surface area contributed by atoms with Gasteiger partial charge in [-0.1, -0.05) is 127 Å². The first-order valence-electron chi connectivity index (χ1n) is 14.3. The molecule has 0 nitrogen and oxygen atoms in total. The second-order valence-electron chi connectivity index (χ2n) is 10.7. The molecule has 2 aromatic carbocycles. The second-order valence-corrected chi connectivity index (χ2v) is 17.0. The molecule has 0 bridgehead atoms. The van der Waals surface area contributed by atoms with Gasteiger partial charge in [-0.2, -0.15) is 0 Å². The zero-order valence-electron chi connectivity index (χ0n) is 21.8. The minimum absolute atomic E-state index is 1.34. The maximum atomic E-state index is 2.45. The third-order valence-corrected chi connectivity index (χ3v) is 16.5. The van der Waals surface area contributed by atoms with Crippen LogP contribution in [0, 0.1) is 0 Å². The highest BCUT2D eigenvalue weighted by atomic mass is 32.1. The third-order valence-electron chi connectivity index (χ3n) is 8.27. The van der Waals surface area contributed by atoms with Gasteiger partial charge in [0.2, 0.25) is 0 Å². The molecular formula is C32H42S2Si. The van der Waals surface area contributed by atoms with Crippen molar-refractivity contribution in [3.8, 4) is 9.75 Å². The number of fused-ring (bicyclic) bond motifs is 7. The summed E-state index contributed by atoms with van der Waals surface area (Å²) < 4.78 is 3.03. The van der Waals surface area contributed by atoms with Gasteiger partial charge in [-0.15, -0.1) is 22.7 Å². The molecule has 0 saturated carbocycles. The quantitative estimate of drug-likeness (QED) is 0.115. The van der Waals surface area contributed by atoms with E-state index in [1.165, 1.54) is 98.5 Å². The van der Waals surface area contributed by atoms with Crippen molar-refractivity contribution < 1.29 is 0 Å². The summed E-state index contributed by atoms with van der Waals surface area (Å²) >= 11 is 4.18.